The van der Waals surface area contributed by atoms with Crippen molar-refractivity contribution in [2.24, 2.45) is 5.92 Å². The smallest absolute Gasteiger partial charge is 0.251 e. The van der Waals surface area contributed by atoms with Crippen molar-refractivity contribution in [2.75, 3.05) is 19.6 Å². The van der Waals surface area contributed by atoms with Gasteiger partial charge in [0.05, 0.1) is 5.56 Å². The Morgan fingerprint density at radius 2 is 2.32 bits per heavy atom. The highest BCUT2D eigenvalue weighted by atomic mass is 16.3. The van der Waals surface area contributed by atoms with E-state index in [-0.39, 0.29) is 11.9 Å². The molecule has 112 valence electrons. The first-order chi connectivity index (χ1) is 10.7. The second-order valence-electron chi connectivity index (χ2n) is 6.12. The molecule has 1 amide bonds. The minimum absolute atomic E-state index is 0.0137. The van der Waals surface area contributed by atoms with Crippen LogP contribution in [0.5, 0.6) is 0 Å². The van der Waals surface area contributed by atoms with Crippen molar-refractivity contribution in [3.8, 4) is 11.8 Å². The molecule has 3 heterocycles. The van der Waals surface area contributed by atoms with E-state index in [0.717, 1.165) is 24.0 Å². The van der Waals surface area contributed by atoms with Crippen molar-refractivity contribution in [3.63, 3.8) is 0 Å². The highest BCUT2D eigenvalue weighted by molar-refractivity contribution is 5.98. The van der Waals surface area contributed by atoms with Crippen LogP contribution in [0.15, 0.2) is 28.9 Å². The molecule has 2 aliphatic heterocycles. The van der Waals surface area contributed by atoms with Gasteiger partial charge < -0.3 is 14.6 Å². The van der Waals surface area contributed by atoms with Crippen LogP contribution < -0.4 is 5.32 Å². The van der Waals surface area contributed by atoms with Crippen LogP contribution in [0.1, 0.15) is 29.3 Å². The van der Waals surface area contributed by atoms with E-state index in [1.165, 1.54) is 13.0 Å². The van der Waals surface area contributed by atoms with Crippen molar-refractivity contribution in [3.05, 3.63) is 35.6 Å². The Labute approximate surface area is 129 Å². The molecule has 2 aromatic rings. The number of fused-ring (bicyclic) bond motifs is 3. The summed E-state index contributed by atoms with van der Waals surface area (Å²) in [4.78, 5) is 14.9. The number of hydrogen-bond donors (Lipinski definition) is 1. The number of carbonyl (C=O) groups is 1. The van der Waals surface area contributed by atoms with Gasteiger partial charge in [-0.15, -0.1) is 5.92 Å². The molecule has 0 radical (unpaired) electrons. The lowest BCUT2D eigenvalue weighted by Gasteiger charge is -2.23. The highest BCUT2D eigenvalue weighted by Gasteiger charge is 2.38. The predicted octanol–water partition coefficient (Wildman–Crippen LogP) is 2.24. The Morgan fingerprint density at radius 1 is 1.41 bits per heavy atom. The average molecular weight is 294 g/mol. The molecule has 0 spiro atoms. The van der Waals surface area contributed by atoms with Gasteiger partial charge in [-0.25, -0.2) is 0 Å². The molecule has 4 nitrogen and oxygen atoms in total. The molecule has 3 atom stereocenters. The quantitative estimate of drug-likeness (QED) is 0.864. The topological polar surface area (TPSA) is 45.5 Å². The van der Waals surface area contributed by atoms with Crippen molar-refractivity contribution < 1.29 is 9.21 Å². The average Bonchev–Trinajstić information content (AvgIpc) is 3.23. The summed E-state index contributed by atoms with van der Waals surface area (Å²) in [5.41, 5.74) is 2.23. The maximum Gasteiger partial charge on any atom is 0.251 e. The molecule has 4 rings (SSSR count). The van der Waals surface area contributed by atoms with Gasteiger partial charge in [-0.05, 0) is 44.0 Å². The molecule has 2 fully saturated rings. The fraction of sp³-hybridized carbons (Fsp3) is 0.389. The van der Waals surface area contributed by atoms with Gasteiger partial charge in [-0.1, -0.05) is 5.92 Å². The first-order valence-electron chi connectivity index (χ1n) is 7.72. The molecule has 22 heavy (non-hydrogen) atoms. The summed E-state index contributed by atoms with van der Waals surface area (Å²) in [7, 11) is 0. The van der Waals surface area contributed by atoms with Crippen LogP contribution >= 0.6 is 0 Å². The molecular formula is C18H18N2O2. The van der Waals surface area contributed by atoms with E-state index in [1.54, 1.807) is 19.3 Å². The van der Waals surface area contributed by atoms with Crippen molar-refractivity contribution in [1.29, 1.82) is 0 Å². The lowest BCUT2D eigenvalue weighted by molar-refractivity contribution is 0.0924. The van der Waals surface area contributed by atoms with Gasteiger partial charge in [-0.3, -0.25) is 4.79 Å². The van der Waals surface area contributed by atoms with Crippen LogP contribution in [-0.4, -0.2) is 36.5 Å². The number of furan rings is 1. The number of nitrogens with zero attached hydrogens (tertiary/aromatic N) is 1. The lowest BCUT2D eigenvalue weighted by atomic mass is 9.99. The van der Waals surface area contributed by atoms with Crippen molar-refractivity contribution >= 4 is 16.9 Å². The number of piperidine rings is 1. The highest BCUT2D eigenvalue weighted by Crippen LogP contribution is 2.28. The molecule has 1 aromatic heterocycles. The zero-order chi connectivity index (χ0) is 15.1. The third-order valence-electron chi connectivity index (χ3n) is 4.75. The Balaban J connectivity index is 1.55. The van der Waals surface area contributed by atoms with E-state index in [9.17, 15) is 4.79 Å². The summed E-state index contributed by atoms with van der Waals surface area (Å²) in [6.07, 6.45) is 2.84. The maximum atomic E-state index is 12.5. The number of benzene rings is 1. The van der Waals surface area contributed by atoms with Crippen LogP contribution in [0.2, 0.25) is 0 Å². The number of carbonyl (C=O) groups excluding carboxylic acids is 1. The Hall–Kier alpha value is -2.25. The standard InChI is InChI=1S/C18H18N2O2/c1-2-3-14-11-22-17-8-12(4-5-15(14)17)18(21)19-16-10-20-7-6-13(16)9-20/h4-5,8,11,13,16H,6-7,9-10H2,1H3,(H,19,21)/t13-,16?/m1/s1. The van der Waals surface area contributed by atoms with Crippen LogP contribution in [-0.2, 0) is 0 Å². The first kappa shape index (κ1) is 13.4. The fourth-order valence-electron chi connectivity index (χ4n) is 3.60. The molecule has 2 bridgehead atoms. The molecular weight excluding hydrogens is 276 g/mol. The molecule has 2 saturated heterocycles. The molecule has 4 heteroatoms. The fourth-order valence-corrected chi connectivity index (χ4v) is 3.60. The Kier molecular flexibility index (Phi) is 3.16. The van der Waals surface area contributed by atoms with Gasteiger partial charge in [0.2, 0.25) is 0 Å². The minimum Gasteiger partial charge on any atom is -0.463 e. The van der Waals surface area contributed by atoms with E-state index in [0.29, 0.717) is 17.1 Å². The largest absolute Gasteiger partial charge is 0.463 e. The summed E-state index contributed by atoms with van der Waals surface area (Å²) < 4.78 is 5.52. The van der Waals surface area contributed by atoms with E-state index in [2.05, 4.69) is 22.1 Å². The molecule has 2 aliphatic rings. The van der Waals surface area contributed by atoms with Gasteiger partial charge in [0.15, 0.2) is 0 Å². The van der Waals surface area contributed by atoms with E-state index in [1.807, 2.05) is 12.1 Å². The predicted molar refractivity (Wildman–Crippen MR) is 84.6 cm³/mol. The summed E-state index contributed by atoms with van der Waals surface area (Å²) in [5, 5.41) is 4.13. The van der Waals surface area contributed by atoms with Crippen molar-refractivity contribution in [2.45, 2.75) is 19.4 Å². The molecule has 2 unspecified atom stereocenters. The molecule has 0 saturated carbocycles. The monoisotopic (exact) mass is 294 g/mol. The normalized spacial score (nSPS) is 26.0. The van der Waals surface area contributed by atoms with Crippen LogP contribution in [0.25, 0.3) is 11.0 Å². The van der Waals surface area contributed by atoms with Crippen LogP contribution in [0.4, 0.5) is 0 Å². The summed E-state index contributed by atoms with van der Waals surface area (Å²) in [6.45, 7) is 5.08. The number of amides is 1. The molecule has 0 aliphatic carbocycles. The molecule has 1 N–H and O–H groups in total. The minimum atomic E-state index is -0.0137. The summed E-state index contributed by atoms with van der Waals surface area (Å²) in [6, 6.07) is 5.85. The van der Waals surface area contributed by atoms with Crippen molar-refractivity contribution in [1.82, 2.24) is 10.2 Å². The second-order valence-corrected chi connectivity index (χ2v) is 6.12. The van der Waals surface area contributed by atoms with Crippen LogP contribution in [0.3, 0.4) is 0 Å². The zero-order valence-corrected chi connectivity index (χ0v) is 12.6. The Bertz CT molecular complexity index is 796. The van der Waals surface area contributed by atoms with Gasteiger partial charge in [0, 0.05) is 30.1 Å². The first-order valence-corrected chi connectivity index (χ1v) is 7.72. The summed E-state index contributed by atoms with van der Waals surface area (Å²) >= 11 is 0. The second kappa shape index (κ2) is 5.19. The summed E-state index contributed by atoms with van der Waals surface area (Å²) in [5.74, 6) is 6.48. The van der Waals surface area contributed by atoms with Gasteiger partial charge in [0.1, 0.15) is 11.8 Å². The van der Waals surface area contributed by atoms with Crippen LogP contribution in [0, 0.1) is 17.8 Å². The lowest BCUT2D eigenvalue weighted by Crippen LogP contribution is -2.43. The third kappa shape index (κ3) is 2.18. The van der Waals surface area contributed by atoms with E-state index in [4.69, 9.17) is 4.42 Å². The third-order valence-corrected chi connectivity index (χ3v) is 4.75. The van der Waals surface area contributed by atoms with Gasteiger partial charge in [0.25, 0.3) is 5.91 Å². The number of hydrogen-bond acceptors (Lipinski definition) is 3. The maximum absolute atomic E-state index is 12.5. The van der Waals surface area contributed by atoms with E-state index >= 15 is 0 Å². The number of rotatable bonds is 2. The Morgan fingerprint density at radius 3 is 3.05 bits per heavy atom. The van der Waals surface area contributed by atoms with Gasteiger partial charge >= 0.3 is 0 Å². The van der Waals surface area contributed by atoms with E-state index < -0.39 is 0 Å². The zero-order valence-electron chi connectivity index (χ0n) is 12.6. The number of nitrogens with one attached hydrogen (secondary N) is 1. The SMILES string of the molecule is CC#Cc1coc2cc(C(=O)NC3CN4CC[C@@H]3C4)ccc12. The van der Waals surface area contributed by atoms with Gasteiger partial charge in [-0.2, -0.15) is 0 Å². The molecule has 1 aromatic carbocycles.